The fourth-order valence-corrected chi connectivity index (χ4v) is 6.06. The summed E-state index contributed by atoms with van der Waals surface area (Å²) in [5.74, 6) is 0.175. The fraction of sp³-hybridized carbons (Fsp3) is 0.739. The number of nitrogens with one attached hydrogen (secondary N) is 1. The van der Waals surface area contributed by atoms with Crippen molar-refractivity contribution in [2.75, 3.05) is 26.1 Å². The van der Waals surface area contributed by atoms with E-state index in [0.717, 1.165) is 19.1 Å². The van der Waals surface area contributed by atoms with Gasteiger partial charge in [0.15, 0.2) is 0 Å². The monoisotopic (exact) mass is 517 g/mol. The van der Waals surface area contributed by atoms with Crippen molar-refractivity contribution in [3.8, 4) is 5.88 Å². The summed E-state index contributed by atoms with van der Waals surface area (Å²) in [4.78, 5) is 19.0. The minimum Gasteiger partial charge on any atom is -0.478 e. The first-order chi connectivity index (χ1) is 16.6. The molecule has 1 saturated carbocycles. The average Bonchev–Trinajstić information content (AvgIpc) is 3.09. The highest BCUT2D eigenvalue weighted by Crippen LogP contribution is 2.36. The van der Waals surface area contributed by atoms with Gasteiger partial charge in [0.2, 0.25) is 15.9 Å². The van der Waals surface area contributed by atoms with Crippen LogP contribution in [0, 0.1) is 0 Å². The third kappa shape index (κ3) is 6.59. The number of halogens is 2. The van der Waals surface area contributed by atoms with Gasteiger partial charge in [-0.2, -0.15) is 0 Å². The van der Waals surface area contributed by atoms with E-state index in [1.165, 1.54) is 12.1 Å². The van der Waals surface area contributed by atoms with E-state index in [-0.39, 0.29) is 49.3 Å². The number of pyridine rings is 1. The van der Waals surface area contributed by atoms with Gasteiger partial charge in [-0.25, -0.2) is 31.7 Å². The summed E-state index contributed by atoms with van der Waals surface area (Å²) in [6, 6.07) is 1.50. The lowest BCUT2D eigenvalue weighted by Crippen LogP contribution is -2.50. The second-order valence-electron chi connectivity index (χ2n) is 9.64. The van der Waals surface area contributed by atoms with Crippen LogP contribution < -0.4 is 9.46 Å². The number of fused-ring (bicyclic) bond motifs is 8. The van der Waals surface area contributed by atoms with Crippen molar-refractivity contribution >= 4 is 16.1 Å². The van der Waals surface area contributed by atoms with Crippen LogP contribution >= 0.6 is 0 Å². The Hall–Kier alpha value is -2.05. The van der Waals surface area contributed by atoms with Gasteiger partial charge < -0.3 is 14.2 Å². The molecule has 9 nitrogen and oxygen atoms in total. The quantitative estimate of drug-likeness (QED) is 0.655. The molecule has 3 aliphatic heterocycles. The lowest BCUT2D eigenvalue weighted by Gasteiger charge is -2.33. The van der Waals surface area contributed by atoms with Crippen LogP contribution in [0.2, 0.25) is 0 Å². The molecule has 5 rings (SSSR count). The van der Waals surface area contributed by atoms with Crippen LogP contribution in [0.25, 0.3) is 0 Å². The van der Waals surface area contributed by atoms with Crippen LogP contribution in [0.3, 0.4) is 0 Å². The molecule has 3 atom stereocenters. The molecular formula is C23H33F2N3O6S. The van der Waals surface area contributed by atoms with Crippen LogP contribution in [-0.4, -0.2) is 74.7 Å². The fourth-order valence-electron chi connectivity index (χ4n) is 5.26. The molecule has 4 heterocycles. The number of ether oxygens (including phenoxy) is 3. The Morgan fingerprint density at radius 2 is 1.86 bits per heavy atom. The van der Waals surface area contributed by atoms with Crippen molar-refractivity contribution in [1.29, 1.82) is 0 Å². The minimum absolute atomic E-state index is 0.0270. The first-order valence-corrected chi connectivity index (χ1v) is 14.0. The van der Waals surface area contributed by atoms with Crippen LogP contribution in [0.15, 0.2) is 12.1 Å². The summed E-state index contributed by atoms with van der Waals surface area (Å²) in [5, 5.41) is 0. The van der Waals surface area contributed by atoms with E-state index in [4.69, 9.17) is 14.2 Å². The highest BCUT2D eigenvalue weighted by Gasteiger charge is 2.44. The Labute approximate surface area is 204 Å². The molecule has 196 valence electrons. The molecule has 1 saturated heterocycles. The zero-order valence-electron chi connectivity index (χ0n) is 20.0. The van der Waals surface area contributed by atoms with Crippen molar-refractivity contribution in [3.05, 3.63) is 23.4 Å². The molecule has 1 aliphatic carbocycles. The van der Waals surface area contributed by atoms with Crippen molar-refractivity contribution < 1.29 is 36.2 Å². The molecule has 1 aromatic heterocycles. The predicted molar refractivity (Wildman–Crippen MR) is 123 cm³/mol. The van der Waals surface area contributed by atoms with Gasteiger partial charge in [0, 0.05) is 41.7 Å². The number of carbonyl (C=O) groups excluding carboxylic acids is 1. The summed E-state index contributed by atoms with van der Waals surface area (Å²) in [5.41, 5.74) is 0.479. The molecule has 1 unspecified atom stereocenters. The van der Waals surface area contributed by atoms with E-state index in [0.29, 0.717) is 31.4 Å². The van der Waals surface area contributed by atoms with Gasteiger partial charge >= 0.3 is 6.09 Å². The molecule has 0 spiro atoms. The molecule has 2 fully saturated rings. The van der Waals surface area contributed by atoms with E-state index < -0.39 is 34.6 Å². The van der Waals surface area contributed by atoms with Gasteiger partial charge in [-0.15, -0.1) is 0 Å². The molecule has 1 N–H and O–H groups in total. The lowest BCUT2D eigenvalue weighted by atomic mass is 9.84. The van der Waals surface area contributed by atoms with Crippen molar-refractivity contribution in [2.45, 2.75) is 82.0 Å². The van der Waals surface area contributed by atoms with E-state index in [1.54, 1.807) is 4.90 Å². The second-order valence-corrected chi connectivity index (χ2v) is 11.4. The van der Waals surface area contributed by atoms with Gasteiger partial charge in [0.05, 0.1) is 38.2 Å². The number of hydrogen-bond acceptors (Lipinski definition) is 7. The standard InChI is InChI=1S/C23H33F2N3O6S/c1-14-10-19(27-35(2,30)31)20-13-34-17-6-4-15(5-7-17)18-11-16(22(24)25)12-21(26-18)32-8-3-9-33-23(29)28(14)20/h11-12,14-15,17,19-20,22,27H,3-10,13H2,1-2H3/t14?,15?,17?,19-,20-/m0/s1. The first kappa shape index (κ1) is 26.0. The van der Waals surface area contributed by atoms with Crippen LogP contribution in [0.5, 0.6) is 5.88 Å². The molecule has 0 aromatic carbocycles. The Bertz CT molecular complexity index is 1000. The predicted octanol–water partition coefficient (Wildman–Crippen LogP) is 3.36. The molecule has 4 bridgehead atoms. The van der Waals surface area contributed by atoms with Gasteiger partial charge in [-0.05, 0) is 45.1 Å². The van der Waals surface area contributed by atoms with Crippen LogP contribution in [0.4, 0.5) is 13.6 Å². The van der Waals surface area contributed by atoms with Gasteiger partial charge in [-0.3, -0.25) is 4.90 Å². The number of aromatic nitrogens is 1. The number of amides is 1. The maximum Gasteiger partial charge on any atom is 0.410 e. The summed E-state index contributed by atoms with van der Waals surface area (Å²) < 4.78 is 70.7. The topological polar surface area (TPSA) is 107 Å². The van der Waals surface area contributed by atoms with Crippen molar-refractivity contribution in [1.82, 2.24) is 14.6 Å². The zero-order valence-corrected chi connectivity index (χ0v) is 20.8. The number of hydrogen-bond donors (Lipinski definition) is 1. The lowest BCUT2D eigenvalue weighted by molar-refractivity contribution is -0.0107. The molecule has 1 amide bonds. The normalized spacial score (nSPS) is 30.5. The Morgan fingerprint density at radius 1 is 1.14 bits per heavy atom. The van der Waals surface area contributed by atoms with Gasteiger partial charge in [0.1, 0.15) is 0 Å². The van der Waals surface area contributed by atoms with E-state index in [2.05, 4.69) is 9.71 Å². The van der Waals surface area contributed by atoms with E-state index >= 15 is 0 Å². The minimum atomic E-state index is -3.48. The summed E-state index contributed by atoms with van der Waals surface area (Å²) in [6.45, 7) is 2.24. The van der Waals surface area contributed by atoms with Gasteiger partial charge in [0.25, 0.3) is 6.43 Å². The number of rotatable bonds is 3. The Morgan fingerprint density at radius 3 is 2.54 bits per heavy atom. The van der Waals surface area contributed by atoms with Crippen LogP contribution in [0.1, 0.15) is 69.0 Å². The molecule has 12 heteroatoms. The maximum absolute atomic E-state index is 13.5. The third-order valence-corrected chi connectivity index (χ3v) is 7.65. The largest absolute Gasteiger partial charge is 0.478 e. The number of carbonyl (C=O) groups is 1. The number of sulfonamides is 1. The van der Waals surface area contributed by atoms with Crippen LogP contribution in [-0.2, 0) is 19.5 Å². The summed E-state index contributed by atoms with van der Waals surface area (Å²) >= 11 is 0. The highest BCUT2D eigenvalue weighted by molar-refractivity contribution is 7.88. The second kappa shape index (κ2) is 10.9. The summed E-state index contributed by atoms with van der Waals surface area (Å²) in [6.07, 6.45) is 1.51. The van der Waals surface area contributed by atoms with E-state index in [9.17, 15) is 22.0 Å². The molecule has 35 heavy (non-hydrogen) atoms. The Balaban J connectivity index is 1.54. The summed E-state index contributed by atoms with van der Waals surface area (Å²) in [7, 11) is -3.48. The third-order valence-electron chi connectivity index (χ3n) is 6.92. The van der Waals surface area contributed by atoms with Gasteiger partial charge in [-0.1, -0.05) is 0 Å². The number of nitrogens with zero attached hydrogens (tertiary/aromatic N) is 2. The molecular weight excluding hydrogens is 484 g/mol. The average molecular weight is 518 g/mol. The van der Waals surface area contributed by atoms with Crippen molar-refractivity contribution in [2.24, 2.45) is 0 Å². The zero-order chi connectivity index (χ0) is 25.2. The molecule has 0 radical (unpaired) electrons. The maximum atomic E-state index is 13.5. The SMILES string of the molecule is CC1C[C@H](NS(C)(=O)=O)[C@@H]2COC3CCC(CC3)c3cc(C(F)F)cc(n3)OCCCOC(=O)N12. The number of alkyl halides is 2. The molecule has 1 aromatic rings. The van der Waals surface area contributed by atoms with E-state index in [1.807, 2.05) is 6.92 Å². The first-order valence-electron chi connectivity index (χ1n) is 12.1. The molecule has 4 aliphatic rings. The smallest absolute Gasteiger partial charge is 0.410 e. The highest BCUT2D eigenvalue weighted by atomic mass is 32.2. The van der Waals surface area contributed by atoms with Crippen molar-refractivity contribution in [3.63, 3.8) is 0 Å². The Kier molecular flexibility index (Phi) is 8.12.